The summed E-state index contributed by atoms with van der Waals surface area (Å²) in [6, 6.07) is -0.161. The van der Waals surface area contributed by atoms with Gasteiger partial charge in [-0.05, 0) is 46.6 Å². The number of carbonyl (C=O) groups excluding carboxylic acids is 2. The fraction of sp³-hybridized carbons (Fsp3) is 0.714. The van der Waals surface area contributed by atoms with Crippen LogP contribution in [0.3, 0.4) is 0 Å². The van der Waals surface area contributed by atoms with Crippen LogP contribution in [-0.2, 0) is 23.8 Å². The minimum absolute atomic E-state index is 0.0640. The van der Waals surface area contributed by atoms with Crippen molar-refractivity contribution in [1.29, 1.82) is 0 Å². The summed E-state index contributed by atoms with van der Waals surface area (Å²) in [4.78, 5) is 27.0. The average molecular weight is 411 g/mol. The van der Waals surface area contributed by atoms with Crippen molar-refractivity contribution in [3.05, 3.63) is 23.3 Å². The third-order valence-electron chi connectivity index (χ3n) is 5.98. The third kappa shape index (κ3) is 4.55. The van der Waals surface area contributed by atoms with Crippen molar-refractivity contribution in [2.45, 2.75) is 70.5 Å². The predicted molar refractivity (Wildman–Crippen MR) is 106 cm³/mol. The molecule has 0 aromatic rings. The van der Waals surface area contributed by atoms with Crippen LogP contribution in [0.1, 0.15) is 41.0 Å². The molecule has 0 radical (unpaired) electrons. The summed E-state index contributed by atoms with van der Waals surface area (Å²) >= 11 is 0. The van der Waals surface area contributed by atoms with Crippen molar-refractivity contribution in [2.24, 2.45) is 0 Å². The maximum absolute atomic E-state index is 12.7. The maximum atomic E-state index is 12.7. The first-order valence-electron chi connectivity index (χ1n) is 9.89. The van der Waals surface area contributed by atoms with Crippen molar-refractivity contribution in [3.63, 3.8) is 0 Å². The highest BCUT2D eigenvalue weighted by molar-refractivity contribution is 5.87. The number of hydrogen-bond acceptors (Lipinski definition) is 8. The van der Waals surface area contributed by atoms with Crippen molar-refractivity contribution >= 4 is 11.9 Å². The van der Waals surface area contributed by atoms with E-state index in [-0.39, 0.29) is 24.7 Å². The zero-order chi connectivity index (χ0) is 22.0. The van der Waals surface area contributed by atoms with Crippen LogP contribution in [0.25, 0.3) is 0 Å². The summed E-state index contributed by atoms with van der Waals surface area (Å²) in [6.07, 6.45) is 3.05. The van der Waals surface area contributed by atoms with Crippen LogP contribution in [0.15, 0.2) is 23.3 Å². The average Bonchev–Trinajstić information content (AvgIpc) is 3.26. The lowest BCUT2D eigenvalue weighted by molar-refractivity contribution is -0.216. The minimum Gasteiger partial charge on any atom is -0.459 e. The molecule has 0 bridgehead atoms. The Bertz CT molecular complexity index is 694. The second kappa shape index (κ2) is 8.95. The number of allylic oxidation sites excluding steroid dienone is 1. The van der Waals surface area contributed by atoms with Crippen molar-refractivity contribution < 1.29 is 34.0 Å². The molecule has 1 fully saturated rings. The molecule has 0 amide bonds. The third-order valence-corrected chi connectivity index (χ3v) is 5.98. The van der Waals surface area contributed by atoms with Crippen LogP contribution >= 0.6 is 0 Å². The standard InChI is InChI=1S/C21H33NO7/c1-7-13(2)18(23)29-16-9-11-22-10-8-15(17(16)22)12-28-19(24)21(26,14(3)27-6)20(4,5)25/h7-8,14,16-17,25-26H,9-12H2,1-6H3/b13-7+/t14-,16+,17?,21?/m1/s1. The Hall–Kier alpha value is -1.74. The molecule has 4 atom stereocenters. The van der Waals surface area contributed by atoms with Gasteiger partial charge in [0.25, 0.3) is 0 Å². The van der Waals surface area contributed by atoms with Gasteiger partial charge >= 0.3 is 11.9 Å². The SMILES string of the molecule is C/C=C(\C)C(=O)O[C@H]1CCN2CC=C(COC(=O)C(O)([C@@H](C)OC)C(C)(C)O)C12. The minimum atomic E-state index is -2.23. The Morgan fingerprint density at radius 1 is 1.38 bits per heavy atom. The number of ether oxygens (including phenoxy) is 3. The van der Waals surface area contributed by atoms with Gasteiger partial charge in [0, 0.05) is 25.8 Å². The van der Waals surface area contributed by atoms with E-state index in [4.69, 9.17) is 14.2 Å². The number of aliphatic hydroxyl groups is 2. The fourth-order valence-electron chi connectivity index (χ4n) is 3.82. The Labute approximate surface area is 172 Å². The number of hydrogen-bond donors (Lipinski definition) is 2. The molecular formula is C21H33NO7. The summed E-state index contributed by atoms with van der Waals surface area (Å²) in [5, 5.41) is 21.2. The largest absolute Gasteiger partial charge is 0.459 e. The van der Waals surface area contributed by atoms with Crippen LogP contribution in [0.2, 0.25) is 0 Å². The molecule has 2 N–H and O–H groups in total. The molecule has 0 spiro atoms. The van der Waals surface area contributed by atoms with E-state index in [2.05, 4.69) is 4.90 Å². The normalized spacial score (nSPS) is 25.8. The molecule has 0 aromatic carbocycles. The summed E-state index contributed by atoms with van der Waals surface area (Å²) in [5.41, 5.74) is -2.65. The molecule has 2 aliphatic rings. The van der Waals surface area contributed by atoms with Gasteiger partial charge in [-0.1, -0.05) is 12.2 Å². The predicted octanol–water partition coefficient (Wildman–Crippen LogP) is 0.959. The Morgan fingerprint density at radius 3 is 2.59 bits per heavy atom. The topological polar surface area (TPSA) is 106 Å². The van der Waals surface area contributed by atoms with E-state index in [9.17, 15) is 19.8 Å². The highest BCUT2D eigenvalue weighted by atomic mass is 16.6. The Kier molecular flexibility index (Phi) is 7.27. The lowest BCUT2D eigenvalue weighted by Crippen LogP contribution is -2.63. The molecule has 8 heteroatoms. The highest BCUT2D eigenvalue weighted by Crippen LogP contribution is 2.33. The first kappa shape index (κ1) is 23.5. The molecule has 164 valence electrons. The van der Waals surface area contributed by atoms with E-state index in [1.807, 2.05) is 6.08 Å². The van der Waals surface area contributed by atoms with Crippen LogP contribution in [-0.4, -0.2) is 83.3 Å². The van der Waals surface area contributed by atoms with Gasteiger partial charge in [-0.2, -0.15) is 0 Å². The second-order valence-electron chi connectivity index (χ2n) is 8.20. The van der Waals surface area contributed by atoms with E-state index < -0.39 is 23.3 Å². The van der Waals surface area contributed by atoms with E-state index in [0.717, 1.165) is 12.1 Å². The van der Waals surface area contributed by atoms with Gasteiger partial charge in [-0.25, -0.2) is 9.59 Å². The number of carbonyl (C=O) groups is 2. The van der Waals surface area contributed by atoms with Crippen LogP contribution in [0.5, 0.6) is 0 Å². The molecule has 2 aliphatic heterocycles. The molecule has 1 saturated heterocycles. The lowest BCUT2D eigenvalue weighted by atomic mass is 9.81. The first-order valence-corrected chi connectivity index (χ1v) is 9.89. The zero-order valence-corrected chi connectivity index (χ0v) is 18.1. The number of fused-ring (bicyclic) bond motifs is 1. The van der Waals surface area contributed by atoms with Gasteiger partial charge in [-0.15, -0.1) is 0 Å². The monoisotopic (exact) mass is 411 g/mol. The summed E-state index contributed by atoms with van der Waals surface area (Å²) in [6.45, 7) is 9.03. The second-order valence-corrected chi connectivity index (χ2v) is 8.20. The Morgan fingerprint density at radius 2 is 2.03 bits per heavy atom. The molecule has 8 nitrogen and oxygen atoms in total. The van der Waals surface area contributed by atoms with Gasteiger partial charge in [-0.3, -0.25) is 4.90 Å². The summed E-state index contributed by atoms with van der Waals surface area (Å²) in [7, 11) is 1.34. The van der Waals surface area contributed by atoms with E-state index in [1.165, 1.54) is 27.9 Å². The highest BCUT2D eigenvalue weighted by Gasteiger charge is 2.55. The molecule has 0 aliphatic carbocycles. The van der Waals surface area contributed by atoms with Gasteiger partial charge < -0.3 is 24.4 Å². The van der Waals surface area contributed by atoms with Gasteiger partial charge in [0.15, 0.2) is 0 Å². The smallest absolute Gasteiger partial charge is 0.344 e. The number of esters is 2. The molecular weight excluding hydrogens is 378 g/mol. The molecule has 2 unspecified atom stereocenters. The van der Waals surface area contributed by atoms with E-state index in [0.29, 0.717) is 18.5 Å². The van der Waals surface area contributed by atoms with Crippen molar-refractivity contribution in [2.75, 3.05) is 26.8 Å². The van der Waals surface area contributed by atoms with E-state index >= 15 is 0 Å². The summed E-state index contributed by atoms with van der Waals surface area (Å²) < 4.78 is 16.1. The van der Waals surface area contributed by atoms with Gasteiger partial charge in [0.05, 0.1) is 12.1 Å². The van der Waals surface area contributed by atoms with Gasteiger partial charge in [0.2, 0.25) is 5.60 Å². The molecule has 2 rings (SSSR count). The lowest BCUT2D eigenvalue weighted by Gasteiger charge is -2.40. The van der Waals surface area contributed by atoms with Crippen molar-refractivity contribution in [3.8, 4) is 0 Å². The van der Waals surface area contributed by atoms with Crippen LogP contribution < -0.4 is 0 Å². The number of methoxy groups -OCH3 is 1. The number of rotatable bonds is 8. The van der Waals surface area contributed by atoms with Gasteiger partial charge in [0.1, 0.15) is 18.3 Å². The maximum Gasteiger partial charge on any atom is 0.344 e. The molecule has 29 heavy (non-hydrogen) atoms. The first-order chi connectivity index (χ1) is 13.5. The Balaban J connectivity index is 2.08. The summed E-state index contributed by atoms with van der Waals surface area (Å²) in [5.74, 6) is -1.32. The molecule has 2 heterocycles. The van der Waals surface area contributed by atoms with E-state index in [1.54, 1.807) is 19.9 Å². The zero-order valence-electron chi connectivity index (χ0n) is 18.1. The molecule has 0 aromatic heterocycles. The molecule has 0 saturated carbocycles. The van der Waals surface area contributed by atoms with Crippen LogP contribution in [0.4, 0.5) is 0 Å². The van der Waals surface area contributed by atoms with Crippen LogP contribution in [0, 0.1) is 0 Å². The number of nitrogens with zero attached hydrogens (tertiary/aromatic N) is 1. The fourth-order valence-corrected chi connectivity index (χ4v) is 3.82. The quantitative estimate of drug-likeness (QED) is 0.346. The van der Waals surface area contributed by atoms with Crippen molar-refractivity contribution in [1.82, 2.24) is 4.90 Å².